The minimum atomic E-state index is -3.80. The lowest BCUT2D eigenvalue weighted by Crippen LogP contribution is -2.44. The molecule has 0 radical (unpaired) electrons. The number of nitrogens with zero attached hydrogens (tertiary/aromatic N) is 2. The third kappa shape index (κ3) is 4.34. The molecule has 0 aliphatic rings. The number of nitrogens with one attached hydrogen (secondary N) is 2. The molecule has 0 aliphatic carbocycles. The van der Waals surface area contributed by atoms with E-state index in [1.165, 1.54) is 35.1 Å². The first-order chi connectivity index (χ1) is 13.3. The van der Waals surface area contributed by atoms with Crippen LogP contribution in [0, 0.1) is 0 Å². The van der Waals surface area contributed by atoms with Crippen LogP contribution in [0.5, 0.6) is 0 Å². The van der Waals surface area contributed by atoms with Gasteiger partial charge in [0.2, 0.25) is 10.0 Å². The number of hydrazine groups is 1. The van der Waals surface area contributed by atoms with Gasteiger partial charge >= 0.3 is 0 Å². The Balaban J connectivity index is 2.03. The normalized spacial score (nSPS) is 11.0. The van der Waals surface area contributed by atoms with E-state index in [0.717, 1.165) is 5.56 Å². The van der Waals surface area contributed by atoms with E-state index >= 15 is 0 Å². The van der Waals surface area contributed by atoms with Crippen LogP contribution in [0.2, 0.25) is 0 Å². The van der Waals surface area contributed by atoms with Crippen molar-refractivity contribution < 1.29 is 13.2 Å². The summed E-state index contributed by atoms with van der Waals surface area (Å²) >= 11 is 4.69. The molecule has 144 valence electrons. The number of primary sulfonamides is 1. The summed E-state index contributed by atoms with van der Waals surface area (Å²) in [6.07, 6.45) is 1.52. The lowest BCUT2D eigenvalue weighted by atomic mass is 10.1. The summed E-state index contributed by atoms with van der Waals surface area (Å²) in [4.78, 5) is 12.5. The second-order valence-electron chi connectivity index (χ2n) is 5.68. The fraction of sp³-hybridized carbons (Fsp3) is 0. The molecule has 0 fully saturated rings. The maximum absolute atomic E-state index is 12.5. The van der Waals surface area contributed by atoms with Crippen LogP contribution >= 0.6 is 12.2 Å². The minimum Gasteiger partial charge on any atom is -0.375 e. The molecule has 3 aromatic rings. The average molecular weight is 416 g/mol. The van der Waals surface area contributed by atoms with Gasteiger partial charge in [-0.25, -0.2) is 18.2 Å². The van der Waals surface area contributed by atoms with Crippen molar-refractivity contribution in [3.8, 4) is 16.9 Å². The van der Waals surface area contributed by atoms with Gasteiger partial charge in [0, 0.05) is 11.8 Å². The highest BCUT2D eigenvalue weighted by Crippen LogP contribution is 2.24. The Hall–Kier alpha value is -3.28. The van der Waals surface area contributed by atoms with Gasteiger partial charge in [0.1, 0.15) is 5.69 Å². The summed E-state index contributed by atoms with van der Waals surface area (Å²) in [5.41, 5.74) is 12.1. The predicted molar refractivity (Wildman–Crippen MR) is 108 cm³/mol. The third-order valence-corrected chi connectivity index (χ3v) is 4.77. The maximum Gasteiger partial charge on any atom is 0.273 e. The summed E-state index contributed by atoms with van der Waals surface area (Å²) in [5, 5.41) is 9.51. The second-order valence-corrected chi connectivity index (χ2v) is 7.69. The van der Waals surface area contributed by atoms with Crippen LogP contribution in [0.4, 0.5) is 0 Å². The number of hydrogen-bond donors (Lipinski definition) is 4. The van der Waals surface area contributed by atoms with Gasteiger partial charge in [-0.1, -0.05) is 30.3 Å². The summed E-state index contributed by atoms with van der Waals surface area (Å²) in [6.45, 7) is 0. The number of benzene rings is 2. The van der Waals surface area contributed by atoms with Crippen LogP contribution in [0.15, 0.2) is 65.7 Å². The molecule has 3 rings (SSSR count). The molecule has 9 nitrogen and oxygen atoms in total. The Morgan fingerprint density at radius 3 is 2.25 bits per heavy atom. The Labute approximate surface area is 166 Å². The number of rotatable bonds is 4. The van der Waals surface area contributed by atoms with Crippen molar-refractivity contribution in [1.29, 1.82) is 0 Å². The largest absolute Gasteiger partial charge is 0.375 e. The van der Waals surface area contributed by atoms with Gasteiger partial charge in [-0.2, -0.15) is 5.10 Å². The summed E-state index contributed by atoms with van der Waals surface area (Å²) in [5.74, 6) is -0.487. The van der Waals surface area contributed by atoms with E-state index in [2.05, 4.69) is 28.2 Å². The van der Waals surface area contributed by atoms with E-state index < -0.39 is 15.9 Å². The zero-order valence-electron chi connectivity index (χ0n) is 14.4. The summed E-state index contributed by atoms with van der Waals surface area (Å²) < 4.78 is 24.3. The average Bonchev–Trinajstić information content (AvgIpc) is 3.12. The topological polar surface area (TPSA) is 145 Å². The summed E-state index contributed by atoms with van der Waals surface area (Å²) in [7, 11) is -3.80. The van der Waals surface area contributed by atoms with Crippen molar-refractivity contribution in [2.75, 3.05) is 0 Å². The number of amides is 1. The number of carbonyl (C=O) groups excluding carboxylic acids is 1. The standard InChI is InChI=1S/C17H16N6O3S2/c18-17(27)21-20-16(24)14-10-23(22-15(14)11-4-2-1-3-5-11)12-6-8-13(9-7-12)28(19,25)26/h1-10H,(H,20,24)(H3,18,21,27)(H2,19,25,26). The molecule has 11 heteroatoms. The SMILES string of the molecule is NC(=S)NNC(=O)c1cn(-c2ccc(S(N)(=O)=O)cc2)nc1-c1ccccc1. The number of sulfonamides is 1. The zero-order valence-corrected chi connectivity index (χ0v) is 16.0. The highest BCUT2D eigenvalue weighted by molar-refractivity contribution is 7.89. The van der Waals surface area contributed by atoms with Crippen LogP contribution in [0.3, 0.4) is 0 Å². The van der Waals surface area contributed by atoms with Gasteiger partial charge in [0.15, 0.2) is 5.11 Å². The van der Waals surface area contributed by atoms with Crippen molar-refractivity contribution >= 4 is 33.3 Å². The number of carbonyl (C=O) groups is 1. The number of hydrogen-bond acceptors (Lipinski definition) is 5. The molecule has 1 amide bonds. The maximum atomic E-state index is 12.5. The molecule has 1 aromatic heterocycles. The molecular formula is C17H16N6O3S2. The van der Waals surface area contributed by atoms with Crippen molar-refractivity contribution in [3.63, 3.8) is 0 Å². The Morgan fingerprint density at radius 1 is 1.04 bits per heavy atom. The van der Waals surface area contributed by atoms with E-state index in [1.807, 2.05) is 30.3 Å². The first kappa shape index (κ1) is 19.5. The lowest BCUT2D eigenvalue weighted by molar-refractivity contribution is 0.0944. The third-order valence-electron chi connectivity index (χ3n) is 3.74. The molecule has 2 aromatic carbocycles. The molecule has 28 heavy (non-hydrogen) atoms. The molecule has 0 bridgehead atoms. The van der Waals surface area contributed by atoms with Gasteiger partial charge in [-0.05, 0) is 36.5 Å². The van der Waals surface area contributed by atoms with Crippen LogP contribution in [-0.2, 0) is 10.0 Å². The van der Waals surface area contributed by atoms with Crippen LogP contribution < -0.4 is 21.7 Å². The van der Waals surface area contributed by atoms with Gasteiger partial charge in [0.25, 0.3) is 5.91 Å². The van der Waals surface area contributed by atoms with E-state index in [9.17, 15) is 13.2 Å². The molecule has 0 saturated heterocycles. The van der Waals surface area contributed by atoms with Gasteiger partial charge in [-0.3, -0.25) is 15.6 Å². The van der Waals surface area contributed by atoms with E-state index in [-0.39, 0.29) is 15.6 Å². The predicted octanol–water partition coefficient (Wildman–Crippen LogP) is 0.665. The van der Waals surface area contributed by atoms with Crippen molar-refractivity contribution in [3.05, 3.63) is 66.4 Å². The van der Waals surface area contributed by atoms with Crippen molar-refractivity contribution in [2.45, 2.75) is 4.90 Å². The number of thiocarbonyl (C=S) groups is 1. The molecule has 6 N–H and O–H groups in total. The second kappa shape index (κ2) is 7.76. The first-order valence-electron chi connectivity index (χ1n) is 7.90. The molecule has 0 unspecified atom stereocenters. The first-order valence-corrected chi connectivity index (χ1v) is 9.85. The Bertz CT molecular complexity index is 1130. The van der Waals surface area contributed by atoms with Crippen LogP contribution in [-0.4, -0.2) is 29.2 Å². The monoisotopic (exact) mass is 416 g/mol. The fourth-order valence-electron chi connectivity index (χ4n) is 2.46. The van der Waals surface area contributed by atoms with Crippen molar-refractivity contribution in [2.24, 2.45) is 10.9 Å². The molecule has 0 spiro atoms. The fourth-order valence-corrected chi connectivity index (χ4v) is 3.02. The van der Waals surface area contributed by atoms with Crippen LogP contribution in [0.1, 0.15) is 10.4 Å². The van der Waals surface area contributed by atoms with E-state index in [0.29, 0.717) is 11.4 Å². The molecular weight excluding hydrogens is 400 g/mol. The Kier molecular flexibility index (Phi) is 5.40. The van der Waals surface area contributed by atoms with E-state index in [1.54, 1.807) is 0 Å². The number of aromatic nitrogens is 2. The molecule has 1 heterocycles. The Morgan fingerprint density at radius 2 is 1.68 bits per heavy atom. The lowest BCUT2D eigenvalue weighted by Gasteiger charge is -2.06. The van der Waals surface area contributed by atoms with Gasteiger partial charge in [0.05, 0.1) is 16.1 Å². The van der Waals surface area contributed by atoms with E-state index in [4.69, 9.17) is 10.9 Å². The van der Waals surface area contributed by atoms with Gasteiger partial charge < -0.3 is 5.73 Å². The molecule has 0 saturated carbocycles. The number of nitrogens with two attached hydrogens (primary N) is 2. The summed E-state index contributed by atoms with van der Waals surface area (Å²) in [6, 6.07) is 14.9. The molecule has 0 atom stereocenters. The quantitative estimate of drug-likeness (QED) is 0.361. The molecule has 0 aliphatic heterocycles. The highest BCUT2D eigenvalue weighted by Gasteiger charge is 2.19. The smallest absolute Gasteiger partial charge is 0.273 e. The van der Waals surface area contributed by atoms with Crippen molar-refractivity contribution in [1.82, 2.24) is 20.6 Å². The van der Waals surface area contributed by atoms with Gasteiger partial charge in [-0.15, -0.1) is 0 Å². The minimum absolute atomic E-state index is 0.0229. The highest BCUT2D eigenvalue weighted by atomic mass is 32.2. The van der Waals surface area contributed by atoms with Crippen LogP contribution in [0.25, 0.3) is 16.9 Å². The zero-order chi connectivity index (χ0) is 20.3.